The van der Waals surface area contributed by atoms with Gasteiger partial charge in [-0.1, -0.05) is 0 Å². The number of nitrogens with zero attached hydrogens (tertiary/aromatic N) is 1. The van der Waals surface area contributed by atoms with E-state index in [4.69, 9.17) is 0 Å². The highest BCUT2D eigenvalue weighted by Crippen LogP contribution is 2.30. The number of aliphatic hydroxyl groups is 1. The van der Waals surface area contributed by atoms with Gasteiger partial charge in [0.05, 0.1) is 16.0 Å². The number of aldehydes is 1. The van der Waals surface area contributed by atoms with Crippen molar-refractivity contribution in [2.45, 2.75) is 31.9 Å². The van der Waals surface area contributed by atoms with E-state index in [9.17, 15) is 9.90 Å². The Morgan fingerprint density at radius 3 is 3.00 bits per heavy atom. The first-order valence-electron chi connectivity index (χ1n) is 5.20. The maximum Gasteiger partial charge on any atom is 0.160 e. The van der Waals surface area contributed by atoms with Crippen LogP contribution in [0.15, 0.2) is 12.1 Å². The van der Waals surface area contributed by atoms with Crippen LogP contribution >= 0.6 is 11.3 Å². The molecule has 0 aliphatic carbocycles. The first kappa shape index (κ1) is 10.6. The predicted octanol–water partition coefficient (Wildman–Crippen LogP) is 1.91. The molecule has 1 aliphatic rings. The summed E-state index contributed by atoms with van der Waals surface area (Å²) in [5.74, 6) is 0. The van der Waals surface area contributed by atoms with Crippen molar-refractivity contribution in [1.29, 1.82) is 0 Å². The number of hydrogen-bond acceptors (Lipinski definition) is 4. The normalized spacial score (nSPS) is 26.7. The van der Waals surface area contributed by atoms with Crippen molar-refractivity contribution in [2.24, 2.45) is 0 Å². The van der Waals surface area contributed by atoms with Crippen molar-refractivity contribution in [2.75, 3.05) is 11.4 Å². The summed E-state index contributed by atoms with van der Waals surface area (Å²) in [4.78, 5) is 13.6. The summed E-state index contributed by atoms with van der Waals surface area (Å²) in [6, 6.07) is 4.19. The third-order valence-electron chi connectivity index (χ3n) is 2.86. The van der Waals surface area contributed by atoms with Gasteiger partial charge < -0.3 is 10.0 Å². The number of thiophene rings is 1. The molecule has 1 aromatic heterocycles. The van der Waals surface area contributed by atoms with Gasteiger partial charge in [0.15, 0.2) is 6.29 Å². The summed E-state index contributed by atoms with van der Waals surface area (Å²) >= 11 is 1.52. The molecular weight excluding hydrogens is 210 g/mol. The van der Waals surface area contributed by atoms with E-state index in [0.717, 1.165) is 35.6 Å². The van der Waals surface area contributed by atoms with Gasteiger partial charge in [0.1, 0.15) is 0 Å². The van der Waals surface area contributed by atoms with Gasteiger partial charge in [0.2, 0.25) is 0 Å². The van der Waals surface area contributed by atoms with E-state index < -0.39 is 0 Å². The molecule has 0 aromatic carbocycles. The Bertz CT molecular complexity index is 350. The SMILES string of the molecule is C[C@@H]1C[C@H](O)CCN1c1ccc(C=O)s1. The maximum absolute atomic E-state index is 10.6. The van der Waals surface area contributed by atoms with Crippen LogP contribution < -0.4 is 4.90 Å². The van der Waals surface area contributed by atoms with Crippen LogP contribution in [0.1, 0.15) is 29.4 Å². The fraction of sp³-hybridized carbons (Fsp3) is 0.545. The van der Waals surface area contributed by atoms with Crippen LogP contribution in [0.25, 0.3) is 0 Å². The standard InChI is InChI=1S/C11H15NO2S/c1-8-6-9(14)4-5-12(8)11-3-2-10(7-13)15-11/h2-3,7-9,14H,4-6H2,1H3/t8-,9-/m1/s1. The second kappa shape index (κ2) is 4.33. The Balaban J connectivity index is 2.12. The number of carbonyl (C=O) groups excluding carboxylic acids is 1. The zero-order chi connectivity index (χ0) is 10.8. The highest BCUT2D eigenvalue weighted by molar-refractivity contribution is 7.17. The lowest BCUT2D eigenvalue weighted by Gasteiger charge is -2.36. The smallest absolute Gasteiger partial charge is 0.160 e. The molecule has 3 nitrogen and oxygen atoms in total. The molecule has 1 saturated heterocycles. The van der Waals surface area contributed by atoms with E-state index in [-0.39, 0.29) is 6.10 Å². The topological polar surface area (TPSA) is 40.5 Å². The molecule has 0 bridgehead atoms. The van der Waals surface area contributed by atoms with Gasteiger partial charge in [0, 0.05) is 12.6 Å². The van der Waals surface area contributed by atoms with Crippen molar-refractivity contribution in [3.63, 3.8) is 0 Å². The molecule has 2 atom stereocenters. The molecule has 0 saturated carbocycles. The van der Waals surface area contributed by atoms with Crippen molar-refractivity contribution in [1.82, 2.24) is 0 Å². The average molecular weight is 225 g/mol. The highest BCUT2D eigenvalue weighted by atomic mass is 32.1. The summed E-state index contributed by atoms with van der Waals surface area (Å²) in [6.45, 7) is 2.99. The van der Waals surface area contributed by atoms with E-state index in [1.165, 1.54) is 11.3 Å². The Kier molecular flexibility index (Phi) is 3.07. The van der Waals surface area contributed by atoms with Crippen molar-refractivity contribution >= 4 is 22.6 Å². The second-order valence-electron chi connectivity index (χ2n) is 4.01. The van der Waals surface area contributed by atoms with Crippen molar-refractivity contribution in [3.05, 3.63) is 17.0 Å². The molecule has 82 valence electrons. The largest absolute Gasteiger partial charge is 0.393 e. The van der Waals surface area contributed by atoms with Crippen LogP contribution in [0.3, 0.4) is 0 Å². The van der Waals surface area contributed by atoms with Crippen LogP contribution in [0.2, 0.25) is 0 Å². The number of anilines is 1. The molecule has 0 unspecified atom stereocenters. The monoisotopic (exact) mass is 225 g/mol. The van der Waals surface area contributed by atoms with Gasteiger partial charge >= 0.3 is 0 Å². The molecular formula is C11H15NO2S. The summed E-state index contributed by atoms with van der Waals surface area (Å²) in [5.41, 5.74) is 0. The average Bonchev–Trinajstić information content (AvgIpc) is 2.66. The first-order chi connectivity index (χ1) is 7.20. The maximum atomic E-state index is 10.6. The number of piperidine rings is 1. The quantitative estimate of drug-likeness (QED) is 0.782. The van der Waals surface area contributed by atoms with E-state index in [1.54, 1.807) is 0 Å². The second-order valence-corrected chi connectivity index (χ2v) is 5.11. The van der Waals surface area contributed by atoms with Crippen molar-refractivity contribution < 1.29 is 9.90 Å². The fourth-order valence-electron chi connectivity index (χ4n) is 2.03. The van der Waals surface area contributed by atoms with Crippen molar-refractivity contribution in [3.8, 4) is 0 Å². The summed E-state index contributed by atoms with van der Waals surface area (Å²) in [5, 5.41) is 10.7. The van der Waals surface area contributed by atoms with Crippen LogP contribution in [-0.2, 0) is 0 Å². The number of carbonyl (C=O) groups is 1. The van der Waals surface area contributed by atoms with Crippen LogP contribution in [0.5, 0.6) is 0 Å². The van der Waals surface area contributed by atoms with Crippen LogP contribution in [0, 0.1) is 0 Å². The zero-order valence-electron chi connectivity index (χ0n) is 8.72. The van der Waals surface area contributed by atoms with Gasteiger partial charge in [-0.05, 0) is 31.9 Å². The number of rotatable bonds is 2. The predicted molar refractivity (Wildman–Crippen MR) is 61.8 cm³/mol. The summed E-state index contributed by atoms with van der Waals surface area (Å²) in [6.07, 6.45) is 2.35. The molecule has 1 aliphatic heterocycles. The Morgan fingerprint density at radius 2 is 2.40 bits per heavy atom. The lowest BCUT2D eigenvalue weighted by molar-refractivity contribution is 0.112. The lowest BCUT2D eigenvalue weighted by atomic mass is 10.0. The van der Waals surface area contributed by atoms with E-state index in [2.05, 4.69) is 11.8 Å². The highest BCUT2D eigenvalue weighted by Gasteiger charge is 2.24. The van der Waals surface area contributed by atoms with E-state index in [0.29, 0.717) is 6.04 Å². The molecule has 4 heteroatoms. The minimum atomic E-state index is -0.165. The Hall–Kier alpha value is -0.870. The fourth-order valence-corrected chi connectivity index (χ4v) is 2.98. The summed E-state index contributed by atoms with van der Waals surface area (Å²) < 4.78 is 0. The minimum absolute atomic E-state index is 0.165. The van der Waals surface area contributed by atoms with Crippen LogP contribution in [0.4, 0.5) is 5.00 Å². The molecule has 1 N–H and O–H groups in total. The molecule has 0 amide bonds. The molecule has 0 radical (unpaired) electrons. The molecule has 2 heterocycles. The summed E-state index contributed by atoms with van der Waals surface area (Å²) in [7, 11) is 0. The number of aliphatic hydroxyl groups excluding tert-OH is 1. The Morgan fingerprint density at radius 1 is 1.60 bits per heavy atom. The molecule has 15 heavy (non-hydrogen) atoms. The lowest BCUT2D eigenvalue weighted by Crippen LogP contribution is -2.42. The van der Waals surface area contributed by atoms with Gasteiger partial charge in [-0.25, -0.2) is 0 Å². The zero-order valence-corrected chi connectivity index (χ0v) is 9.54. The third kappa shape index (κ3) is 2.21. The minimum Gasteiger partial charge on any atom is -0.393 e. The third-order valence-corrected chi connectivity index (χ3v) is 3.91. The van der Waals surface area contributed by atoms with Gasteiger partial charge in [-0.15, -0.1) is 11.3 Å². The first-order valence-corrected chi connectivity index (χ1v) is 6.02. The molecule has 2 rings (SSSR count). The number of hydrogen-bond donors (Lipinski definition) is 1. The molecule has 0 spiro atoms. The van der Waals surface area contributed by atoms with E-state index >= 15 is 0 Å². The Labute approximate surface area is 93.3 Å². The molecule has 1 aromatic rings. The van der Waals surface area contributed by atoms with Gasteiger partial charge in [-0.3, -0.25) is 4.79 Å². The van der Waals surface area contributed by atoms with E-state index in [1.807, 2.05) is 12.1 Å². The van der Waals surface area contributed by atoms with Gasteiger partial charge in [0.25, 0.3) is 0 Å². The van der Waals surface area contributed by atoms with Crippen LogP contribution in [-0.4, -0.2) is 30.1 Å². The van der Waals surface area contributed by atoms with Gasteiger partial charge in [-0.2, -0.15) is 0 Å². The molecule has 1 fully saturated rings.